The van der Waals surface area contributed by atoms with Crippen molar-refractivity contribution >= 4 is 10.9 Å². The molecule has 1 aromatic carbocycles. The average molecular weight is 175 g/mol. The van der Waals surface area contributed by atoms with E-state index in [0.717, 1.165) is 12.1 Å². The van der Waals surface area contributed by atoms with Crippen molar-refractivity contribution in [1.29, 1.82) is 0 Å². The second kappa shape index (κ2) is 3.18. The Kier molecular flexibility index (Phi) is 2.02. The van der Waals surface area contributed by atoms with Crippen LogP contribution in [0.1, 0.15) is 6.92 Å². The highest BCUT2D eigenvalue weighted by Gasteiger charge is 2.02. The van der Waals surface area contributed by atoms with Crippen molar-refractivity contribution in [2.24, 2.45) is 5.73 Å². The third kappa shape index (κ3) is 1.55. The van der Waals surface area contributed by atoms with Gasteiger partial charge in [-0.15, -0.1) is 0 Å². The van der Waals surface area contributed by atoms with Crippen molar-refractivity contribution in [3.63, 3.8) is 0 Å². The van der Waals surface area contributed by atoms with E-state index in [1.54, 1.807) is 0 Å². The van der Waals surface area contributed by atoms with Crippen molar-refractivity contribution in [1.82, 2.24) is 9.78 Å². The Labute approximate surface area is 77.2 Å². The first kappa shape index (κ1) is 8.26. The summed E-state index contributed by atoms with van der Waals surface area (Å²) in [4.78, 5) is 0. The van der Waals surface area contributed by atoms with Gasteiger partial charge < -0.3 is 5.73 Å². The van der Waals surface area contributed by atoms with Crippen LogP contribution in [0, 0.1) is 0 Å². The zero-order valence-corrected chi connectivity index (χ0v) is 7.64. The van der Waals surface area contributed by atoms with Crippen molar-refractivity contribution in [2.45, 2.75) is 19.5 Å². The maximum absolute atomic E-state index is 5.71. The molecular formula is C10H13N3. The summed E-state index contributed by atoms with van der Waals surface area (Å²) in [5, 5.41) is 5.44. The standard InChI is InChI=1S/C10H13N3/c1-8(11)7-13-10-5-3-2-4-9(10)6-12-13/h2-6,8H,7,11H2,1H3/t8-/m0/s1. The minimum absolute atomic E-state index is 0.142. The fourth-order valence-corrected chi connectivity index (χ4v) is 1.44. The molecule has 2 N–H and O–H groups in total. The molecule has 0 aliphatic heterocycles. The molecule has 3 heteroatoms. The largest absolute Gasteiger partial charge is 0.326 e. The highest BCUT2D eigenvalue weighted by molar-refractivity contribution is 5.78. The van der Waals surface area contributed by atoms with Crippen molar-refractivity contribution in [3.8, 4) is 0 Å². The molecule has 13 heavy (non-hydrogen) atoms. The van der Waals surface area contributed by atoms with Crippen LogP contribution in [0.3, 0.4) is 0 Å². The number of aromatic nitrogens is 2. The van der Waals surface area contributed by atoms with E-state index in [2.05, 4.69) is 17.2 Å². The van der Waals surface area contributed by atoms with E-state index >= 15 is 0 Å². The molecule has 0 aliphatic rings. The lowest BCUT2D eigenvalue weighted by Gasteiger charge is -2.05. The quantitative estimate of drug-likeness (QED) is 0.749. The molecule has 0 amide bonds. The van der Waals surface area contributed by atoms with Crippen LogP contribution in [0.25, 0.3) is 10.9 Å². The molecule has 0 fully saturated rings. The van der Waals surface area contributed by atoms with Crippen LogP contribution in [0.2, 0.25) is 0 Å². The predicted octanol–water partition coefficient (Wildman–Crippen LogP) is 1.38. The number of benzene rings is 1. The molecule has 0 radical (unpaired) electrons. The number of nitrogens with two attached hydrogens (primary N) is 1. The van der Waals surface area contributed by atoms with Gasteiger partial charge in [0.2, 0.25) is 0 Å². The van der Waals surface area contributed by atoms with Gasteiger partial charge in [0.15, 0.2) is 0 Å². The highest BCUT2D eigenvalue weighted by atomic mass is 15.3. The first-order valence-corrected chi connectivity index (χ1v) is 4.43. The fourth-order valence-electron chi connectivity index (χ4n) is 1.44. The molecule has 1 aromatic heterocycles. The lowest BCUT2D eigenvalue weighted by molar-refractivity contribution is 0.553. The van der Waals surface area contributed by atoms with Gasteiger partial charge in [0.25, 0.3) is 0 Å². The van der Waals surface area contributed by atoms with Gasteiger partial charge in [-0.05, 0) is 13.0 Å². The monoisotopic (exact) mass is 175 g/mol. The van der Waals surface area contributed by atoms with E-state index in [-0.39, 0.29) is 6.04 Å². The molecule has 0 saturated heterocycles. The van der Waals surface area contributed by atoms with Gasteiger partial charge in [0.1, 0.15) is 0 Å². The molecule has 2 aromatic rings. The van der Waals surface area contributed by atoms with Gasteiger partial charge in [-0.3, -0.25) is 4.68 Å². The predicted molar refractivity (Wildman–Crippen MR) is 53.4 cm³/mol. The van der Waals surface area contributed by atoms with E-state index in [4.69, 9.17) is 5.73 Å². The Morgan fingerprint density at radius 1 is 1.46 bits per heavy atom. The highest BCUT2D eigenvalue weighted by Crippen LogP contribution is 2.12. The van der Waals surface area contributed by atoms with Crippen LogP contribution < -0.4 is 5.73 Å². The second-order valence-corrected chi connectivity index (χ2v) is 3.36. The summed E-state index contributed by atoms with van der Waals surface area (Å²) < 4.78 is 1.94. The van der Waals surface area contributed by atoms with E-state index in [0.29, 0.717) is 0 Å². The second-order valence-electron chi connectivity index (χ2n) is 3.36. The Hall–Kier alpha value is -1.35. The topological polar surface area (TPSA) is 43.8 Å². The molecule has 0 spiro atoms. The smallest absolute Gasteiger partial charge is 0.0683 e. The van der Waals surface area contributed by atoms with Crippen LogP contribution in [-0.2, 0) is 6.54 Å². The number of rotatable bonds is 2. The Morgan fingerprint density at radius 2 is 2.23 bits per heavy atom. The number of nitrogens with zero attached hydrogens (tertiary/aromatic N) is 2. The molecule has 3 nitrogen and oxygen atoms in total. The summed E-state index contributed by atoms with van der Waals surface area (Å²) in [7, 11) is 0. The summed E-state index contributed by atoms with van der Waals surface area (Å²) in [6.07, 6.45) is 1.87. The van der Waals surface area contributed by atoms with Gasteiger partial charge >= 0.3 is 0 Å². The molecule has 0 unspecified atom stereocenters. The lowest BCUT2D eigenvalue weighted by atomic mass is 10.2. The number of hydrogen-bond donors (Lipinski definition) is 1. The summed E-state index contributed by atoms with van der Waals surface area (Å²) in [6, 6.07) is 8.29. The van der Waals surface area contributed by atoms with E-state index in [1.165, 1.54) is 5.39 Å². The summed E-state index contributed by atoms with van der Waals surface area (Å²) in [5.74, 6) is 0. The first-order valence-electron chi connectivity index (χ1n) is 4.43. The maximum Gasteiger partial charge on any atom is 0.0683 e. The minimum Gasteiger partial charge on any atom is -0.326 e. The van der Waals surface area contributed by atoms with Crippen molar-refractivity contribution in [2.75, 3.05) is 0 Å². The number of fused-ring (bicyclic) bond motifs is 1. The van der Waals surface area contributed by atoms with Gasteiger partial charge in [0, 0.05) is 11.4 Å². The van der Waals surface area contributed by atoms with E-state index in [9.17, 15) is 0 Å². The molecular weight excluding hydrogens is 162 g/mol. The molecule has 1 atom stereocenters. The molecule has 0 bridgehead atoms. The summed E-state index contributed by atoms with van der Waals surface area (Å²) >= 11 is 0. The molecule has 0 saturated carbocycles. The number of hydrogen-bond acceptors (Lipinski definition) is 2. The molecule has 2 rings (SSSR count). The maximum atomic E-state index is 5.71. The van der Waals surface area contributed by atoms with Crippen LogP contribution >= 0.6 is 0 Å². The van der Waals surface area contributed by atoms with Gasteiger partial charge in [-0.1, -0.05) is 18.2 Å². The van der Waals surface area contributed by atoms with Crippen molar-refractivity contribution < 1.29 is 0 Å². The molecule has 1 heterocycles. The SMILES string of the molecule is C[C@H](N)Cn1ncc2ccccc21. The molecule has 68 valence electrons. The first-order chi connectivity index (χ1) is 6.27. The average Bonchev–Trinajstić information content (AvgIpc) is 2.48. The molecule has 0 aliphatic carbocycles. The van der Waals surface area contributed by atoms with Gasteiger partial charge in [-0.25, -0.2) is 0 Å². The van der Waals surface area contributed by atoms with Crippen LogP contribution in [0.15, 0.2) is 30.5 Å². The zero-order valence-electron chi connectivity index (χ0n) is 7.64. The zero-order chi connectivity index (χ0) is 9.26. The van der Waals surface area contributed by atoms with Gasteiger partial charge in [0.05, 0.1) is 18.3 Å². The van der Waals surface area contributed by atoms with Crippen molar-refractivity contribution in [3.05, 3.63) is 30.5 Å². The van der Waals surface area contributed by atoms with E-state index in [1.807, 2.05) is 29.9 Å². The normalized spacial score (nSPS) is 13.4. The summed E-state index contributed by atoms with van der Waals surface area (Å²) in [6.45, 7) is 2.75. The Balaban J connectivity index is 2.46. The fraction of sp³-hybridized carbons (Fsp3) is 0.300. The number of para-hydroxylation sites is 1. The Morgan fingerprint density at radius 3 is 3.00 bits per heavy atom. The van der Waals surface area contributed by atoms with Crippen LogP contribution in [0.4, 0.5) is 0 Å². The van der Waals surface area contributed by atoms with Crippen LogP contribution in [-0.4, -0.2) is 15.8 Å². The minimum atomic E-state index is 0.142. The third-order valence-corrected chi connectivity index (χ3v) is 2.01. The lowest BCUT2D eigenvalue weighted by Crippen LogP contribution is -2.22. The third-order valence-electron chi connectivity index (χ3n) is 2.01. The summed E-state index contributed by atoms with van der Waals surface area (Å²) in [5.41, 5.74) is 6.87. The van der Waals surface area contributed by atoms with E-state index < -0.39 is 0 Å². The van der Waals surface area contributed by atoms with Crippen LogP contribution in [0.5, 0.6) is 0 Å². The van der Waals surface area contributed by atoms with Gasteiger partial charge in [-0.2, -0.15) is 5.10 Å². The Bertz CT molecular complexity index is 403.